The molecule has 0 aliphatic heterocycles. The van der Waals surface area contributed by atoms with Crippen LogP contribution in [0, 0.1) is 0 Å². The van der Waals surface area contributed by atoms with Gasteiger partial charge in [-0.3, -0.25) is 0 Å². The molecule has 3 rings (SSSR count). The maximum Gasteiger partial charge on any atom is 0.119 e. The first-order valence-electron chi connectivity index (χ1n) is 6.69. The number of fused-ring (bicyclic) bond motifs is 1. The van der Waals surface area contributed by atoms with Crippen LogP contribution in [0.15, 0.2) is 48.5 Å². The van der Waals surface area contributed by atoms with Gasteiger partial charge in [0.05, 0.1) is 7.11 Å². The van der Waals surface area contributed by atoms with E-state index in [1.807, 2.05) is 42.5 Å². The van der Waals surface area contributed by atoms with E-state index in [0.29, 0.717) is 0 Å². The minimum atomic E-state index is -0.886. The van der Waals surface area contributed by atoms with E-state index in [1.54, 1.807) is 7.11 Å². The second kappa shape index (κ2) is 4.71. The largest absolute Gasteiger partial charge is 0.497 e. The van der Waals surface area contributed by atoms with Crippen molar-refractivity contribution in [3.05, 3.63) is 65.2 Å². The summed E-state index contributed by atoms with van der Waals surface area (Å²) < 4.78 is 5.30. The molecular weight excluding hydrogens is 236 g/mol. The van der Waals surface area contributed by atoms with Crippen molar-refractivity contribution in [2.75, 3.05) is 7.11 Å². The van der Waals surface area contributed by atoms with Gasteiger partial charge in [-0.1, -0.05) is 36.4 Å². The van der Waals surface area contributed by atoms with Crippen molar-refractivity contribution in [1.29, 1.82) is 0 Å². The lowest BCUT2D eigenvalue weighted by molar-refractivity contribution is 0.0613. The molecule has 0 fully saturated rings. The van der Waals surface area contributed by atoms with Crippen LogP contribution >= 0.6 is 0 Å². The van der Waals surface area contributed by atoms with Gasteiger partial charge in [0.15, 0.2) is 0 Å². The Morgan fingerprint density at radius 3 is 2.63 bits per heavy atom. The predicted octanol–water partition coefficient (Wildman–Crippen LogP) is 3.27. The van der Waals surface area contributed by atoms with Crippen LogP contribution in [0.2, 0.25) is 0 Å². The molecule has 1 N–H and O–H groups in total. The van der Waals surface area contributed by atoms with Gasteiger partial charge in [-0.2, -0.15) is 0 Å². The minimum Gasteiger partial charge on any atom is -0.497 e. The minimum absolute atomic E-state index is 0.761. The Hall–Kier alpha value is -1.80. The normalized spacial score (nSPS) is 21.8. The van der Waals surface area contributed by atoms with Gasteiger partial charge in [-0.15, -0.1) is 0 Å². The summed E-state index contributed by atoms with van der Waals surface area (Å²) in [5, 5.41) is 11.2. The number of benzene rings is 2. The number of aryl methyl sites for hydroxylation is 1. The fourth-order valence-corrected chi connectivity index (χ4v) is 2.97. The topological polar surface area (TPSA) is 29.5 Å². The number of methoxy groups -OCH3 is 1. The number of ether oxygens (including phenoxy) is 1. The molecule has 0 bridgehead atoms. The van der Waals surface area contributed by atoms with Crippen molar-refractivity contribution in [1.82, 2.24) is 0 Å². The second-order valence-corrected chi connectivity index (χ2v) is 5.10. The van der Waals surface area contributed by atoms with Gasteiger partial charge in [0.1, 0.15) is 11.4 Å². The maximum atomic E-state index is 11.2. The summed E-state index contributed by atoms with van der Waals surface area (Å²) in [5.41, 5.74) is 2.29. The zero-order valence-electron chi connectivity index (χ0n) is 11.1. The Labute approximate surface area is 113 Å². The molecule has 1 aliphatic rings. The second-order valence-electron chi connectivity index (χ2n) is 5.10. The summed E-state index contributed by atoms with van der Waals surface area (Å²) in [5.74, 6) is 0.801. The van der Waals surface area contributed by atoms with E-state index in [4.69, 9.17) is 4.74 Å². The average Bonchev–Trinajstić information content (AvgIpc) is 2.48. The summed E-state index contributed by atoms with van der Waals surface area (Å²) in [6, 6.07) is 15.9. The third kappa shape index (κ3) is 2.02. The molecule has 0 amide bonds. The van der Waals surface area contributed by atoms with Gasteiger partial charge in [0.2, 0.25) is 0 Å². The Bertz CT molecular complexity index is 577. The lowest BCUT2D eigenvalue weighted by Crippen LogP contribution is -2.31. The van der Waals surface area contributed by atoms with Crippen LogP contribution in [-0.4, -0.2) is 12.2 Å². The molecule has 1 atom stereocenters. The van der Waals surface area contributed by atoms with Crippen LogP contribution < -0.4 is 4.74 Å². The Kier molecular flexibility index (Phi) is 3.03. The zero-order chi connectivity index (χ0) is 13.3. The van der Waals surface area contributed by atoms with Crippen molar-refractivity contribution in [2.45, 2.75) is 24.9 Å². The highest BCUT2D eigenvalue weighted by molar-refractivity contribution is 5.46. The van der Waals surface area contributed by atoms with Crippen LogP contribution in [-0.2, 0) is 12.0 Å². The first-order valence-corrected chi connectivity index (χ1v) is 6.69. The van der Waals surface area contributed by atoms with Crippen molar-refractivity contribution >= 4 is 0 Å². The van der Waals surface area contributed by atoms with E-state index in [1.165, 1.54) is 5.56 Å². The van der Waals surface area contributed by atoms with Gasteiger partial charge in [-0.25, -0.2) is 0 Å². The van der Waals surface area contributed by atoms with Gasteiger partial charge < -0.3 is 9.84 Å². The van der Waals surface area contributed by atoms with E-state index in [2.05, 4.69) is 6.07 Å². The molecule has 2 aromatic rings. The Balaban J connectivity index is 2.15. The molecule has 0 radical (unpaired) electrons. The van der Waals surface area contributed by atoms with Crippen LogP contribution in [0.4, 0.5) is 0 Å². The highest BCUT2D eigenvalue weighted by Gasteiger charge is 2.36. The van der Waals surface area contributed by atoms with Gasteiger partial charge in [0, 0.05) is 0 Å². The molecule has 0 aromatic heterocycles. The molecule has 98 valence electrons. The number of hydrogen-bond donors (Lipinski definition) is 1. The summed E-state index contributed by atoms with van der Waals surface area (Å²) in [4.78, 5) is 0. The average molecular weight is 254 g/mol. The molecule has 0 heterocycles. The van der Waals surface area contributed by atoms with Crippen molar-refractivity contribution in [3.63, 3.8) is 0 Å². The molecule has 1 aliphatic carbocycles. The quantitative estimate of drug-likeness (QED) is 0.891. The maximum absolute atomic E-state index is 11.2. The zero-order valence-corrected chi connectivity index (χ0v) is 11.1. The smallest absolute Gasteiger partial charge is 0.119 e. The van der Waals surface area contributed by atoms with Crippen LogP contribution in [0.3, 0.4) is 0 Å². The van der Waals surface area contributed by atoms with E-state index in [9.17, 15) is 5.11 Å². The molecule has 2 nitrogen and oxygen atoms in total. The SMILES string of the molecule is COc1ccc2c(c1)C(O)(c1ccccc1)CCC2. The Morgan fingerprint density at radius 2 is 1.89 bits per heavy atom. The summed E-state index contributed by atoms with van der Waals surface area (Å²) >= 11 is 0. The number of aliphatic hydroxyl groups is 1. The fraction of sp³-hybridized carbons (Fsp3) is 0.294. The van der Waals surface area contributed by atoms with Crippen molar-refractivity contribution < 1.29 is 9.84 Å². The summed E-state index contributed by atoms with van der Waals surface area (Å²) in [6.45, 7) is 0. The summed E-state index contributed by atoms with van der Waals surface area (Å²) in [6.07, 6.45) is 2.79. The summed E-state index contributed by atoms with van der Waals surface area (Å²) in [7, 11) is 1.66. The van der Waals surface area contributed by atoms with E-state index >= 15 is 0 Å². The molecule has 0 spiro atoms. The van der Waals surface area contributed by atoms with E-state index in [0.717, 1.165) is 36.1 Å². The number of hydrogen-bond acceptors (Lipinski definition) is 2. The third-order valence-electron chi connectivity index (χ3n) is 4.00. The van der Waals surface area contributed by atoms with Crippen molar-refractivity contribution in [2.24, 2.45) is 0 Å². The first-order chi connectivity index (χ1) is 9.24. The first kappa shape index (κ1) is 12.2. The molecule has 0 saturated heterocycles. The molecular formula is C17H18O2. The lowest BCUT2D eigenvalue weighted by Gasteiger charge is -2.35. The molecule has 2 heteroatoms. The van der Waals surface area contributed by atoms with Gasteiger partial charge in [0.25, 0.3) is 0 Å². The predicted molar refractivity (Wildman–Crippen MR) is 75.4 cm³/mol. The molecule has 1 unspecified atom stereocenters. The highest BCUT2D eigenvalue weighted by atomic mass is 16.5. The molecule has 19 heavy (non-hydrogen) atoms. The molecule has 0 saturated carbocycles. The van der Waals surface area contributed by atoms with Crippen LogP contribution in [0.25, 0.3) is 0 Å². The highest BCUT2D eigenvalue weighted by Crippen LogP contribution is 2.41. The van der Waals surface area contributed by atoms with E-state index < -0.39 is 5.60 Å². The van der Waals surface area contributed by atoms with Gasteiger partial charge >= 0.3 is 0 Å². The monoisotopic (exact) mass is 254 g/mol. The fourth-order valence-electron chi connectivity index (χ4n) is 2.97. The third-order valence-corrected chi connectivity index (χ3v) is 4.00. The van der Waals surface area contributed by atoms with Crippen molar-refractivity contribution in [3.8, 4) is 5.75 Å². The number of rotatable bonds is 2. The van der Waals surface area contributed by atoms with E-state index in [-0.39, 0.29) is 0 Å². The van der Waals surface area contributed by atoms with Crippen LogP contribution in [0.5, 0.6) is 5.75 Å². The molecule has 2 aromatic carbocycles. The Morgan fingerprint density at radius 1 is 1.11 bits per heavy atom. The lowest BCUT2D eigenvalue weighted by atomic mass is 9.75. The standard InChI is InChI=1S/C17H18O2/c1-19-15-10-9-13-6-5-11-17(18,16(13)12-15)14-7-3-2-4-8-14/h2-4,7-10,12,18H,5-6,11H2,1H3. The van der Waals surface area contributed by atoms with Crippen LogP contribution in [0.1, 0.15) is 29.5 Å². The van der Waals surface area contributed by atoms with Gasteiger partial charge in [-0.05, 0) is 48.1 Å².